The van der Waals surface area contributed by atoms with Crippen molar-refractivity contribution < 1.29 is 37.5 Å². The number of nitrogens with one attached hydrogen (secondary N) is 2. The first-order valence-electron chi connectivity index (χ1n) is 10.3. The van der Waals surface area contributed by atoms with Gasteiger partial charge in [-0.05, 0) is 12.5 Å². The van der Waals surface area contributed by atoms with Gasteiger partial charge in [0.1, 0.15) is 6.04 Å². The first-order chi connectivity index (χ1) is 15.1. The third-order valence-electron chi connectivity index (χ3n) is 4.84. The molecular formula is C21H31N2O8P. The molecule has 0 aliphatic carbocycles. The van der Waals surface area contributed by atoms with Gasteiger partial charge >= 0.3 is 19.7 Å². The molecule has 0 aromatic heterocycles. The van der Waals surface area contributed by atoms with Crippen LogP contribution < -0.4 is 10.4 Å². The van der Waals surface area contributed by atoms with Crippen molar-refractivity contribution in [3.8, 4) is 0 Å². The van der Waals surface area contributed by atoms with Crippen molar-refractivity contribution in [3.63, 3.8) is 0 Å². The summed E-state index contributed by atoms with van der Waals surface area (Å²) in [6, 6.07) is 8.56. The molecule has 1 fully saturated rings. The fourth-order valence-corrected chi connectivity index (χ4v) is 4.86. The summed E-state index contributed by atoms with van der Waals surface area (Å²) in [6.45, 7) is 5.10. The van der Waals surface area contributed by atoms with E-state index < -0.39 is 43.2 Å². The highest BCUT2D eigenvalue weighted by Gasteiger charge is 2.48. The number of hydrogen-bond donors (Lipinski definition) is 2. The van der Waals surface area contributed by atoms with Crippen molar-refractivity contribution in [2.45, 2.75) is 45.8 Å². The van der Waals surface area contributed by atoms with Crippen molar-refractivity contribution in [2.24, 2.45) is 5.41 Å². The van der Waals surface area contributed by atoms with Crippen molar-refractivity contribution in [1.82, 2.24) is 10.4 Å². The van der Waals surface area contributed by atoms with Gasteiger partial charge in [0.15, 0.2) is 6.10 Å². The van der Waals surface area contributed by atoms with Gasteiger partial charge in [-0.25, -0.2) is 9.65 Å². The lowest BCUT2D eigenvalue weighted by Crippen LogP contribution is -2.51. The van der Waals surface area contributed by atoms with E-state index in [1.165, 1.54) is 14.0 Å². The van der Waals surface area contributed by atoms with Crippen LogP contribution in [0.2, 0.25) is 0 Å². The highest BCUT2D eigenvalue weighted by Crippen LogP contribution is 2.53. The second kappa shape index (κ2) is 11.6. The summed E-state index contributed by atoms with van der Waals surface area (Å²) >= 11 is 0. The van der Waals surface area contributed by atoms with Crippen LogP contribution in [0.3, 0.4) is 0 Å². The number of ether oxygens (including phenoxy) is 2. The molecule has 2 N–H and O–H groups in total. The Morgan fingerprint density at radius 1 is 1.25 bits per heavy atom. The van der Waals surface area contributed by atoms with Crippen molar-refractivity contribution in [3.05, 3.63) is 35.9 Å². The summed E-state index contributed by atoms with van der Waals surface area (Å²) in [4.78, 5) is 36.1. The summed E-state index contributed by atoms with van der Waals surface area (Å²) in [5.74, 6) is -1.63. The number of carbonyl (C=O) groups excluding carboxylic acids is 3. The SMILES string of the molecule is COC(=O)CCNC(=O)[C@@H]1O[P@@](=O)(NC(C)C(=O)OCCc2ccccc2)OCC1(C)C. The van der Waals surface area contributed by atoms with Crippen LogP contribution in [0.5, 0.6) is 0 Å². The van der Waals surface area contributed by atoms with Crippen molar-refractivity contribution in [2.75, 3.05) is 26.9 Å². The first-order valence-corrected chi connectivity index (χ1v) is 11.9. The zero-order valence-corrected chi connectivity index (χ0v) is 19.7. The fraction of sp³-hybridized carbons (Fsp3) is 0.571. The molecule has 2 rings (SSSR count). The Balaban J connectivity index is 1.89. The van der Waals surface area contributed by atoms with Gasteiger partial charge in [-0.2, -0.15) is 0 Å². The Morgan fingerprint density at radius 3 is 2.59 bits per heavy atom. The zero-order chi connectivity index (χ0) is 23.8. The average Bonchev–Trinajstić information content (AvgIpc) is 2.76. The molecule has 32 heavy (non-hydrogen) atoms. The molecule has 3 atom stereocenters. The maximum absolute atomic E-state index is 13.1. The van der Waals surface area contributed by atoms with E-state index in [1.807, 2.05) is 30.3 Å². The second-order valence-electron chi connectivity index (χ2n) is 8.12. The average molecular weight is 470 g/mol. The van der Waals surface area contributed by atoms with E-state index in [0.717, 1.165) is 5.56 Å². The van der Waals surface area contributed by atoms with Crippen LogP contribution in [0.25, 0.3) is 0 Å². The molecule has 0 radical (unpaired) electrons. The van der Waals surface area contributed by atoms with E-state index in [1.54, 1.807) is 13.8 Å². The van der Waals surface area contributed by atoms with Crippen LogP contribution in [0.15, 0.2) is 30.3 Å². The Hall–Kier alpha value is -2.26. The molecule has 1 heterocycles. The lowest BCUT2D eigenvalue weighted by Gasteiger charge is -2.40. The van der Waals surface area contributed by atoms with Gasteiger partial charge in [0.25, 0.3) is 0 Å². The third-order valence-corrected chi connectivity index (χ3v) is 6.50. The van der Waals surface area contributed by atoms with E-state index >= 15 is 0 Å². The second-order valence-corrected chi connectivity index (χ2v) is 9.84. The van der Waals surface area contributed by atoms with Crippen LogP contribution in [-0.2, 0) is 43.9 Å². The van der Waals surface area contributed by atoms with E-state index in [0.29, 0.717) is 6.42 Å². The van der Waals surface area contributed by atoms with E-state index in [4.69, 9.17) is 13.8 Å². The molecule has 178 valence electrons. The molecule has 1 aromatic carbocycles. The Labute approximate surface area is 187 Å². The Morgan fingerprint density at radius 2 is 1.94 bits per heavy atom. The highest BCUT2D eigenvalue weighted by molar-refractivity contribution is 7.51. The first kappa shape index (κ1) is 26.0. The summed E-state index contributed by atoms with van der Waals surface area (Å²) in [5.41, 5.74) is 0.237. The maximum Gasteiger partial charge on any atom is 0.407 e. The minimum absolute atomic E-state index is 0.00629. The number of hydrogen-bond acceptors (Lipinski definition) is 8. The van der Waals surface area contributed by atoms with Gasteiger partial charge in [0, 0.05) is 18.4 Å². The predicted molar refractivity (Wildman–Crippen MR) is 116 cm³/mol. The lowest BCUT2D eigenvalue weighted by atomic mass is 9.87. The molecule has 0 saturated carbocycles. The van der Waals surface area contributed by atoms with Gasteiger partial charge in [-0.1, -0.05) is 44.2 Å². The predicted octanol–water partition coefficient (Wildman–Crippen LogP) is 1.98. The van der Waals surface area contributed by atoms with Gasteiger partial charge < -0.3 is 14.8 Å². The van der Waals surface area contributed by atoms with Crippen molar-refractivity contribution in [1.29, 1.82) is 0 Å². The molecule has 1 aliphatic rings. The van der Waals surface area contributed by atoms with Gasteiger partial charge in [0.05, 0.1) is 26.7 Å². The van der Waals surface area contributed by atoms with Crippen LogP contribution in [-0.4, -0.2) is 56.9 Å². The van der Waals surface area contributed by atoms with Gasteiger partial charge in [-0.3, -0.25) is 23.4 Å². The molecule has 1 aromatic rings. The topological polar surface area (TPSA) is 129 Å². The largest absolute Gasteiger partial charge is 0.469 e. The number of esters is 2. The number of methoxy groups -OCH3 is 1. The maximum atomic E-state index is 13.1. The molecule has 11 heteroatoms. The summed E-state index contributed by atoms with van der Waals surface area (Å²) in [7, 11) is -2.71. The van der Waals surface area contributed by atoms with Crippen LogP contribution >= 0.6 is 7.75 Å². The quantitative estimate of drug-likeness (QED) is 0.389. The molecule has 1 unspecified atom stereocenters. The number of carbonyl (C=O) groups is 3. The fourth-order valence-electron chi connectivity index (χ4n) is 2.92. The number of benzene rings is 1. The standard InChI is InChI=1S/C21H31N2O8P/c1-15(20(26)29-13-11-16-8-6-5-7-9-16)23-32(27)30-14-21(2,3)18(31-32)19(25)22-12-10-17(24)28-4/h5-9,15,18H,10-14H2,1-4H3,(H,22,25)(H,23,27)/t15?,18-,32+/m0/s1. The molecule has 10 nitrogen and oxygen atoms in total. The van der Waals surface area contributed by atoms with E-state index in [9.17, 15) is 18.9 Å². The van der Waals surface area contributed by atoms with E-state index in [-0.39, 0.29) is 26.2 Å². The van der Waals surface area contributed by atoms with Gasteiger partial charge in [0.2, 0.25) is 5.91 Å². The number of rotatable bonds is 10. The van der Waals surface area contributed by atoms with E-state index in [2.05, 4.69) is 15.1 Å². The Kier molecular flexibility index (Phi) is 9.39. The smallest absolute Gasteiger partial charge is 0.407 e. The molecule has 1 amide bonds. The minimum atomic E-state index is -3.96. The summed E-state index contributed by atoms with van der Waals surface area (Å²) in [6.07, 6.45) is -0.576. The highest BCUT2D eigenvalue weighted by atomic mass is 31.2. The molecule has 1 saturated heterocycles. The van der Waals surface area contributed by atoms with Crippen LogP contribution in [0, 0.1) is 5.41 Å². The van der Waals surface area contributed by atoms with Gasteiger partial charge in [-0.15, -0.1) is 0 Å². The molecule has 0 bridgehead atoms. The van der Waals surface area contributed by atoms with Crippen molar-refractivity contribution >= 4 is 25.6 Å². The molecule has 0 spiro atoms. The summed E-state index contributed by atoms with van der Waals surface area (Å²) < 4.78 is 33.7. The molecule has 1 aliphatic heterocycles. The van der Waals surface area contributed by atoms with Crippen LogP contribution in [0.1, 0.15) is 32.8 Å². The third kappa shape index (κ3) is 7.70. The monoisotopic (exact) mass is 470 g/mol. The lowest BCUT2D eigenvalue weighted by molar-refractivity contribution is -0.145. The zero-order valence-electron chi connectivity index (χ0n) is 18.8. The summed E-state index contributed by atoms with van der Waals surface area (Å²) in [5, 5.41) is 5.10. The Bertz CT molecular complexity index is 845. The van der Waals surface area contributed by atoms with Crippen LogP contribution in [0.4, 0.5) is 0 Å². The number of amides is 1. The normalized spacial score (nSPS) is 23.1. The molecular weight excluding hydrogens is 439 g/mol. The minimum Gasteiger partial charge on any atom is -0.469 e.